The molecule has 142 valence electrons. The number of ether oxygens (including phenoxy) is 2. The van der Waals surface area contributed by atoms with Crippen LogP contribution in [-0.4, -0.2) is 18.1 Å². The van der Waals surface area contributed by atoms with E-state index in [-0.39, 0.29) is 12.5 Å². The summed E-state index contributed by atoms with van der Waals surface area (Å²) in [6, 6.07) is 14.8. The molecule has 2 aromatic rings. The number of carbonyl (C=O) groups excluding carboxylic acids is 2. The van der Waals surface area contributed by atoms with Crippen molar-refractivity contribution in [3.05, 3.63) is 65.2 Å². The first-order valence-corrected chi connectivity index (χ1v) is 9.29. The van der Waals surface area contributed by atoms with E-state index in [2.05, 4.69) is 5.32 Å². The van der Waals surface area contributed by atoms with Gasteiger partial charge in [-0.05, 0) is 37.5 Å². The minimum atomic E-state index is -0.543. The zero-order valence-corrected chi connectivity index (χ0v) is 16.0. The normalized spacial score (nSPS) is 17.6. The lowest BCUT2D eigenvalue weighted by atomic mass is 9.73. The molecule has 0 bridgehead atoms. The van der Waals surface area contributed by atoms with Gasteiger partial charge in [-0.1, -0.05) is 55.8 Å². The predicted molar refractivity (Wildman–Crippen MR) is 102 cm³/mol. The van der Waals surface area contributed by atoms with Crippen LogP contribution in [0.25, 0.3) is 0 Å². The largest absolute Gasteiger partial charge is 0.469 e. The maximum atomic E-state index is 12.6. The van der Waals surface area contributed by atoms with Crippen molar-refractivity contribution >= 4 is 11.9 Å². The third-order valence-electron chi connectivity index (χ3n) is 5.28. The fourth-order valence-corrected chi connectivity index (χ4v) is 3.42. The number of aryl methyl sites for hydroxylation is 1. The number of β-lactam (4-membered cyclic amide) rings is 1. The van der Waals surface area contributed by atoms with Crippen LogP contribution in [0.15, 0.2) is 48.5 Å². The molecule has 0 spiro atoms. The summed E-state index contributed by atoms with van der Waals surface area (Å²) in [7, 11) is 0. The third kappa shape index (κ3) is 3.68. The maximum Gasteiger partial charge on any atom is 0.342 e. The maximum absolute atomic E-state index is 12.6. The molecule has 1 unspecified atom stereocenters. The Morgan fingerprint density at radius 2 is 1.85 bits per heavy atom. The smallest absolute Gasteiger partial charge is 0.342 e. The van der Waals surface area contributed by atoms with Crippen LogP contribution in [-0.2, 0) is 16.1 Å². The van der Waals surface area contributed by atoms with Gasteiger partial charge in [0.25, 0.3) is 0 Å². The Hall–Kier alpha value is -2.82. The molecule has 3 rings (SSSR count). The quantitative estimate of drug-likeness (QED) is 0.594. The van der Waals surface area contributed by atoms with E-state index in [1.807, 2.05) is 45.0 Å². The zero-order valence-electron chi connectivity index (χ0n) is 16.0. The summed E-state index contributed by atoms with van der Waals surface area (Å²) in [5.41, 5.74) is 1.86. The molecule has 1 N–H and O–H groups in total. The number of hydrogen-bond donors (Lipinski definition) is 1. The standard InChI is InChI=1S/C22H25NO4/c1-4-22(5-2)20(25)23-21(22)27-18-12-7-6-11-17(18)19(24)26-14-16-10-8-9-15(3)13-16/h6-13,21H,4-5,14H2,1-3H3,(H,23,25). The Morgan fingerprint density at radius 1 is 1.11 bits per heavy atom. The third-order valence-corrected chi connectivity index (χ3v) is 5.28. The van der Waals surface area contributed by atoms with Gasteiger partial charge in [0.2, 0.25) is 5.91 Å². The lowest BCUT2D eigenvalue weighted by Crippen LogP contribution is -2.69. The van der Waals surface area contributed by atoms with Crippen LogP contribution in [0.3, 0.4) is 0 Å². The molecule has 27 heavy (non-hydrogen) atoms. The van der Waals surface area contributed by atoms with Crippen molar-refractivity contribution in [2.24, 2.45) is 5.41 Å². The fraction of sp³-hybridized carbons (Fsp3) is 0.364. The van der Waals surface area contributed by atoms with Gasteiger partial charge < -0.3 is 14.8 Å². The number of nitrogens with one attached hydrogen (secondary N) is 1. The van der Waals surface area contributed by atoms with Crippen LogP contribution in [0, 0.1) is 12.3 Å². The SMILES string of the molecule is CCC1(CC)C(=O)NC1Oc1ccccc1C(=O)OCc1cccc(C)c1. The monoisotopic (exact) mass is 367 g/mol. The molecule has 1 atom stereocenters. The van der Waals surface area contributed by atoms with E-state index in [0.29, 0.717) is 24.2 Å². The molecule has 1 aliphatic heterocycles. The minimum absolute atomic E-state index is 0.00277. The van der Waals surface area contributed by atoms with Crippen LogP contribution in [0.2, 0.25) is 0 Å². The van der Waals surface area contributed by atoms with Gasteiger partial charge in [-0.15, -0.1) is 0 Å². The number of rotatable bonds is 7. The first kappa shape index (κ1) is 19.0. The average molecular weight is 367 g/mol. The number of amides is 1. The van der Waals surface area contributed by atoms with Gasteiger partial charge in [0, 0.05) is 0 Å². The molecule has 0 saturated carbocycles. The molecule has 1 heterocycles. The van der Waals surface area contributed by atoms with Crippen LogP contribution in [0.1, 0.15) is 48.2 Å². The van der Waals surface area contributed by atoms with Crippen molar-refractivity contribution in [2.45, 2.75) is 46.4 Å². The van der Waals surface area contributed by atoms with E-state index >= 15 is 0 Å². The molecule has 1 amide bonds. The van der Waals surface area contributed by atoms with E-state index < -0.39 is 17.6 Å². The second kappa shape index (κ2) is 7.82. The van der Waals surface area contributed by atoms with Crippen LogP contribution in [0.4, 0.5) is 0 Å². The first-order chi connectivity index (χ1) is 13.0. The highest BCUT2D eigenvalue weighted by molar-refractivity contribution is 5.93. The van der Waals surface area contributed by atoms with E-state index in [0.717, 1.165) is 11.1 Å². The topological polar surface area (TPSA) is 64.6 Å². The van der Waals surface area contributed by atoms with Gasteiger partial charge in [0.15, 0.2) is 6.23 Å². The summed E-state index contributed by atoms with van der Waals surface area (Å²) >= 11 is 0. The zero-order chi connectivity index (χ0) is 19.4. The fourth-order valence-electron chi connectivity index (χ4n) is 3.42. The first-order valence-electron chi connectivity index (χ1n) is 9.29. The molecule has 0 aliphatic carbocycles. The second-order valence-electron chi connectivity index (χ2n) is 6.90. The Kier molecular flexibility index (Phi) is 5.49. The molecule has 0 radical (unpaired) electrons. The van der Waals surface area contributed by atoms with Crippen molar-refractivity contribution in [1.82, 2.24) is 5.32 Å². The van der Waals surface area contributed by atoms with Crippen molar-refractivity contribution < 1.29 is 19.1 Å². The Labute approximate surface area is 159 Å². The van der Waals surface area contributed by atoms with Gasteiger partial charge in [-0.3, -0.25) is 4.79 Å². The van der Waals surface area contributed by atoms with Crippen LogP contribution >= 0.6 is 0 Å². The summed E-state index contributed by atoms with van der Waals surface area (Å²) in [4.78, 5) is 24.6. The van der Waals surface area contributed by atoms with E-state index in [4.69, 9.17) is 9.47 Å². The van der Waals surface area contributed by atoms with Crippen molar-refractivity contribution in [1.29, 1.82) is 0 Å². The van der Waals surface area contributed by atoms with Crippen molar-refractivity contribution in [2.75, 3.05) is 0 Å². The molecular formula is C22H25NO4. The number of para-hydroxylation sites is 1. The molecule has 2 aromatic carbocycles. The molecule has 1 saturated heterocycles. The highest BCUT2D eigenvalue weighted by atomic mass is 16.5. The number of carbonyl (C=O) groups is 2. The van der Waals surface area contributed by atoms with E-state index in [9.17, 15) is 9.59 Å². The summed E-state index contributed by atoms with van der Waals surface area (Å²) in [6.07, 6.45) is 0.922. The number of benzene rings is 2. The molecule has 5 heteroatoms. The number of esters is 1. The molecule has 1 aliphatic rings. The highest BCUT2D eigenvalue weighted by Crippen LogP contribution is 2.39. The summed E-state index contributed by atoms with van der Waals surface area (Å²) < 4.78 is 11.5. The van der Waals surface area contributed by atoms with Crippen LogP contribution in [0.5, 0.6) is 5.75 Å². The Balaban J connectivity index is 1.72. The van der Waals surface area contributed by atoms with Crippen LogP contribution < -0.4 is 10.1 Å². The lowest BCUT2D eigenvalue weighted by molar-refractivity contribution is -0.161. The molecular weight excluding hydrogens is 342 g/mol. The van der Waals surface area contributed by atoms with Gasteiger partial charge in [-0.25, -0.2) is 4.79 Å². The summed E-state index contributed by atoms with van der Waals surface area (Å²) in [5, 5.41) is 2.80. The van der Waals surface area contributed by atoms with E-state index in [1.54, 1.807) is 24.3 Å². The average Bonchev–Trinajstić information content (AvgIpc) is 2.67. The molecule has 0 aromatic heterocycles. The molecule has 1 fully saturated rings. The van der Waals surface area contributed by atoms with Gasteiger partial charge in [-0.2, -0.15) is 0 Å². The highest BCUT2D eigenvalue weighted by Gasteiger charge is 2.54. The number of hydrogen-bond acceptors (Lipinski definition) is 4. The Bertz CT molecular complexity index is 842. The predicted octanol–water partition coefficient (Wildman–Crippen LogP) is 3.99. The second-order valence-corrected chi connectivity index (χ2v) is 6.90. The van der Waals surface area contributed by atoms with Gasteiger partial charge >= 0.3 is 5.97 Å². The minimum Gasteiger partial charge on any atom is -0.469 e. The van der Waals surface area contributed by atoms with Crippen molar-refractivity contribution in [3.63, 3.8) is 0 Å². The van der Waals surface area contributed by atoms with Crippen molar-refractivity contribution in [3.8, 4) is 5.75 Å². The summed E-state index contributed by atoms with van der Waals surface area (Å²) in [6.45, 7) is 6.14. The Morgan fingerprint density at radius 3 is 2.52 bits per heavy atom. The lowest BCUT2D eigenvalue weighted by Gasteiger charge is -2.47. The van der Waals surface area contributed by atoms with E-state index in [1.165, 1.54) is 0 Å². The van der Waals surface area contributed by atoms with Gasteiger partial charge in [0.05, 0.1) is 0 Å². The van der Waals surface area contributed by atoms with Gasteiger partial charge in [0.1, 0.15) is 23.3 Å². The molecule has 5 nitrogen and oxygen atoms in total. The summed E-state index contributed by atoms with van der Waals surface area (Å²) in [5.74, 6) is -0.0311.